The monoisotopic (exact) mass is 487 g/mol. The number of esters is 2. The number of urea groups is 1. The van der Waals surface area contributed by atoms with Crippen molar-refractivity contribution in [2.75, 3.05) is 18.5 Å². The van der Waals surface area contributed by atoms with Crippen molar-refractivity contribution in [1.82, 2.24) is 10.2 Å². The second-order valence-corrected chi connectivity index (χ2v) is 9.06. The first-order valence-corrected chi connectivity index (χ1v) is 11.4. The number of nitrogens with zero attached hydrogens (tertiary/aromatic N) is 1. The van der Waals surface area contributed by atoms with Gasteiger partial charge in [-0.25, -0.2) is 9.59 Å². The molecule has 180 valence electrons. The van der Waals surface area contributed by atoms with Crippen LogP contribution in [-0.4, -0.2) is 59.5 Å². The Balaban J connectivity index is 1.70. The van der Waals surface area contributed by atoms with Crippen LogP contribution in [0, 0.1) is 0 Å². The summed E-state index contributed by atoms with van der Waals surface area (Å²) in [7, 11) is 0. The summed E-state index contributed by atoms with van der Waals surface area (Å²) in [6.07, 6.45) is -1.25. The molecular formula is C23H25N3O7S. The number of anilines is 1. The zero-order chi connectivity index (χ0) is 25.0. The molecule has 4 amide bonds. The molecule has 1 aromatic heterocycles. The van der Waals surface area contributed by atoms with Crippen LogP contribution in [0.3, 0.4) is 0 Å². The maximum atomic E-state index is 12.7. The largest absolute Gasteiger partial charge is 0.462 e. The van der Waals surface area contributed by atoms with Crippen LogP contribution in [0.25, 0.3) is 10.4 Å². The number of thiophene rings is 1. The Morgan fingerprint density at radius 1 is 1.18 bits per heavy atom. The minimum atomic E-state index is -1.25. The third-order valence-electron chi connectivity index (χ3n) is 4.93. The minimum Gasteiger partial charge on any atom is -0.462 e. The lowest BCUT2D eigenvalue weighted by atomic mass is 10.1. The number of rotatable bonds is 8. The van der Waals surface area contributed by atoms with Crippen LogP contribution >= 0.6 is 11.3 Å². The Bertz CT molecular complexity index is 1130. The fraction of sp³-hybridized carbons (Fsp3) is 0.348. The third-order valence-corrected chi connectivity index (χ3v) is 6.03. The minimum absolute atomic E-state index is 0.163. The number of nitrogens with one attached hydrogen (secondary N) is 2. The molecule has 1 aliphatic heterocycles. The lowest BCUT2D eigenvalue weighted by Gasteiger charge is -2.17. The predicted molar refractivity (Wildman–Crippen MR) is 124 cm³/mol. The molecule has 1 aromatic carbocycles. The van der Waals surface area contributed by atoms with Gasteiger partial charge in [-0.15, -0.1) is 11.3 Å². The molecule has 34 heavy (non-hydrogen) atoms. The number of carbonyl (C=O) groups is 5. The highest BCUT2D eigenvalue weighted by atomic mass is 32.1. The summed E-state index contributed by atoms with van der Waals surface area (Å²) in [4.78, 5) is 63.0. The lowest BCUT2D eigenvalue weighted by Crippen LogP contribution is -2.42. The van der Waals surface area contributed by atoms with Gasteiger partial charge in [0.2, 0.25) is 0 Å². The summed E-state index contributed by atoms with van der Waals surface area (Å²) in [5, 5.41) is 5.32. The zero-order valence-corrected chi connectivity index (χ0v) is 20.0. The van der Waals surface area contributed by atoms with Crippen molar-refractivity contribution in [3.8, 4) is 10.4 Å². The van der Waals surface area contributed by atoms with Crippen molar-refractivity contribution in [3.05, 3.63) is 42.0 Å². The number of imide groups is 1. The van der Waals surface area contributed by atoms with Gasteiger partial charge in [-0.05, 0) is 39.3 Å². The molecule has 10 nitrogen and oxygen atoms in total. The summed E-state index contributed by atoms with van der Waals surface area (Å²) in [6, 6.07) is 10.2. The molecule has 0 aliphatic carbocycles. The first kappa shape index (κ1) is 24.9. The highest BCUT2D eigenvalue weighted by Gasteiger charge is 2.45. The van der Waals surface area contributed by atoms with Crippen LogP contribution in [0.15, 0.2) is 36.4 Å². The van der Waals surface area contributed by atoms with Gasteiger partial charge >= 0.3 is 18.0 Å². The number of hydrogen-bond acceptors (Lipinski definition) is 8. The molecule has 0 saturated carbocycles. The number of carbonyl (C=O) groups excluding carboxylic acids is 5. The molecule has 1 aliphatic rings. The number of benzene rings is 1. The fourth-order valence-corrected chi connectivity index (χ4v) is 4.24. The molecule has 2 aromatic rings. The van der Waals surface area contributed by atoms with Crippen molar-refractivity contribution >= 4 is 46.1 Å². The van der Waals surface area contributed by atoms with E-state index in [0.717, 1.165) is 15.3 Å². The summed E-state index contributed by atoms with van der Waals surface area (Å²) in [6.45, 7) is 5.59. The van der Waals surface area contributed by atoms with Crippen molar-refractivity contribution in [1.29, 1.82) is 0 Å². The van der Waals surface area contributed by atoms with E-state index < -0.39 is 48.0 Å². The van der Waals surface area contributed by atoms with Crippen LogP contribution in [0.1, 0.15) is 38.1 Å². The van der Waals surface area contributed by atoms with Gasteiger partial charge in [0.05, 0.1) is 12.2 Å². The quantitative estimate of drug-likeness (QED) is 0.432. The van der Waals surface area contributed by atoms with Crippen LogP contribution in [0.4, 0.5) is 9.80 Å². The van der Waals surface area contributed by atoms with E-state index in [-0.39, 0.29) is 17.2 Å². The van der Waals surface area contributed by atoms with Crippen LogP contribution in [0.5, 0.6) is 0 Å². The van der Waals surface area contributed by atoms with Crippen molar-refractivity contribution in [2.24, 2.45) is 0 Å². The molecule has 1 atom stereocenters. The molecule has 1 unspecified atom stereocenters. The van der Waals surface area contributed by atoms with Gasteiger partial charge in [0.1, 0.15) is 17.1 Å². The van der Waals surface area contributed by atoms with Gasteiger partial charge in [-0.2, -0.15) is 0 Å². The molecule has 0 bridgehead atoms. The number of ether oxygens (including phenoxy) is 2. The molecule has 0 radical (unpaired) electrons. The third kappa shape index (κ3) is 5.42. The van der Waals surface area contributed by atoms with Crippen molar-refractivity contribution < 1.29 is 33.4 Å². The average molecular weight is 488 g/mol. The van der Waals surface area contributed by atoms with E-state index in [1.54, 1.807) is 13.0 Å². The lowest BCUT2D eigenvalue weighted by molar-refractivity contribution is -0.155. The Kier molecular flexibility index (Phi) is 7.35. The van der Waals surface area contributed by atoms with Gasteiger partial charge < -0.3 is 20.1 Å². The van der Waals surface area contributed by atoms with Gasteiger partial charge in [-0.1, -0.05) is 30.3 Å². The predicted octanol–water partition coefficient (Wildman–Crippen LogP) is 2.79. The van der Waals surface area contributed by atoms with E-state index in [9.17, 15) is 24.0 Å². The number of hydrogen-bond donors (Lipinski definition) is 2. The van der Waals surface area contributed by atoms with Crippen LogP contribution in [-0.2, 0) is 23.9 Å². The Labute approximate surface area is 200 Å². The average Bonchev–Trinajstić information content (AvgIpc) is 3.28. The SMILES string of the molecule is CCOC(=O)c1cc(-c2ccccc2)sc1NC(=O)C(C)OC(=O)CN1C(=O)NC(C)(C)C1=O. The summed E-state index contributed by atoms with van der Waals surface area (Å²) >= 11 is 1.18. The molecule has 11 heteroatoms. The Hall–Kier alpha value is -3.73. The van der Waals surface area contributed by atoms with Crippen molar-refractivity contribution in [2.45, 2.75) is 39.3 Å². The van der Waals surface area contributed by atoms with Gasteiger partial charge in [0.15, 0.2) is 6.10 Å². The first-order valence-electron chi connectivity index (χ1n) is 10.5. The molecule has 2 heterocycles. The summed E-state index contributed by atoms with van der Waals surface area (Å²) < 4.78 is 10.2. The summed E-state index contributed by atoms with van der Waals surface area (Å²) in [5.74, 6) is -2.77. The summed E-state index contributed by atoms with van der Waals surface area (Å²) in [5.41, 5.74) is -0.0897. The molecule has 0 spiro atoms. The van der Waals surface area contributed by atoms with E-state index in [1.165, 1.54) is 32.1 Å². The van der Waals surface area contributed by atoms with E-state index in [4.69, 9.17) is 9.47 Å². The van der Waals surface area contributed by atoms with Crippen LogP contribution in [0.2, 0.25) is 0 Å². The van der Waals surface area contributed by atoms with Gasteiger partial charge in [0, 0.05) is 4.88 Å². The molecular weight excluding hydrogens is 462 g/mol. The molecule has 1 fully saturated rings. The molecule has 2 N–H and O–H groups in total. The Morgan fingerprint density at radius 2 is 1.85 bits per heavy atom. The second kappa shape index (κ2) is 10.0. The first-order chi connectivity index (χ1) is 16.0. The normalized spacial score (nSPS) is 15.5. The highest BCUT2D eigenvalue weighted by molar-refractivity contribution is 7.20. The maximum Gasteiger partial charge on any atom is 0.341 e. The molecule has 3 rings (SSSR count). The standard InChI is InChI=1S/C23H25N3O7S/c1-5-32-20(29)15-11-16(14-9-7-6-8-10-14)34-19(15)24-18(28)13(2)33-17(27)12-26-21(30)23(3,4)25-22(26)31/h6-11,13H,5,12H2,1-4H3,(H,24,28)(H,25,31). The number of amides is 4. The zero-order valence-electron chi connectivity index (χ0n) is 19.2. The van der Waals surface area contributed by atoms with Crippen molar-refractivity contribution in [3.63, 3.8) is 0 Å². The smallest absolute Gasteiger partial charge is 0.341 e. The highest BCUT2D eigenvalue weighted by Crippen LogP contribution is 2.36. The molecule has 1 saturated heterocycles. The van der Waals surface area contributed by atoms with Crippen LogP contribution < -0.4 is 10.6 Å². The maximum absolute atomic E-state index is 12.7. The Morgan fingerprint density at radius 3 is 2.44 bits per heavy atom. The van der Waals surface area contributed by atoms with E-state index in [1.807, 2.05) is 30.3 Å². The van der Waals surface area contributed by atoms with E-state index >= 15 is 0 Å². The fourth-order valence-electron chi connectivity index (χ4n) is 3.18. The van der Waals surface area contributed by atoms with Gasteiger partial charge in [0.25, 0.3) is 11.8 Å². The topological polar surface area (TPSA) is 131 Å². The van der Waals surface area contributed by atoms with E-state index in [2.05, 4.69) is 10.6 Å². The van der Waals surface area contributed by atoms with E-state index in [0.29, 0.717) is 0 Å². The van der Waals surface area contributed by atoms with Gasteiger partial charge in [-0.3, -0.25) is 19.3 Å². The second-order valence-electron chi connectivity index (χ2n) is 8.01.